The number of hydrogen-bond acceptors (Lipinski definition) is 2. The first kappa shape index (κ1) is 12.1. The third kappa shape index (κ3) is 7.47. The summed E-state index contributed by atoms with van der Waals surface area (Å²) in [4.78, 5) is -1.85. The first-order chi connectivity index (χ1) is 4.83. The fourth-order valence-corrected chi connectivity index (χ4v) is 3.66. The Morgan fingerprint density at radius 1 is 0.909 bits per heavy atom. The maximum absolute atomic E-state index is 10.9. The normalized spacial score (nSPS) is 12.9. The van der Waals surface area contributed by atoms with Gasteiger partial charge in [0, 0.05) is 0 Å². The van der Waals surface area contributed by atoms with Gasteiger partial charge in [-0.05, 0) is 0 Å². The van der Waals surface area contributed by atoms with E-state index in [0.29, 0.717) is 0 Å². The van der Waals surface area contributed by atoms with Crippen LogP contribution in [0.2, 0.25) is 0 Å². The highest BCUT2D eigenvalue weighted by molar-refractivity contribution is 7.91. The predicted octanol–water partition coefficient (Wildman–Crippen LogP) is 2.01. The van der Waals surface area contributed by atoms with Gasteiger partial charge in [-0.15, -0.1) is 46.4 Å². The maximum atomic E-state index is 10.9. The molecule has 0 saturated heterocycles. The summed E-state index contributed by atoms with van der Waals surface area (Å²) in [6, 6.07) is 0. The van der Waals surface area contributed by atoms with Crippen molar-refractivity contribution < 1.29 is 8.42 Å². The van der Waals surface area contributed by atoms with E-state index in [-0.39, 0.29) is 11.5 Å². The Hall–Kier alpha value is 1.11. The summed E-state index contributed by atoms with van der Waals surface area (Å²) in [5.74, 6) is -0.627. The van der Waals surface area contributed by atoms with E-state index in [9.17, 15) is 8.42 Å². The van der Waals surface area contributed by atoms with Crippen LogP contribution in [0.1, 0.15) is 0 Å². The van der Waals surface area contributed by atoms with Crippen molar-refractivity contribution in [3.8, 4) is 0 Å². The van der Waals surface area contributed by atoms with E-state index in [4.69, 9.17) is 46.4 Å². The minimum absolute atomic E-state index is 0.313. The minimum atomic E-state index is -3.31. The first-order valence-corrected chi connectivity index (χ1v) is 6.17. The van der Waals surface area contributed by atoms with Crippen molar-refractivity contribution in [3.63, 3.8) is 0 Å². The number of alkyl halides is 4. The fourth-order valence-electron chi connectivity index (χ4n) is 0.452. The Labute approximate surface area is 85.7 Å². The molecule has 0 spiro atoms. The molecular formula is C4H6Cl4O2S. The van der Waals surface area contributed by atoms with Crippen LogP contribution < -0.4 is 0 Å². The second-order valence-electron chi connectivity index (χ2n) is 1.86. The topological polar surface area (TPSA) is 34.1 Å². The van der Waals surface area contributed by atoms with Gasteiger partial charge < -0.3 is 0 Å². The van der Waals surface area contributed by atoms with Crippen molar-refractivity contribution in [1.29, 1.82) is 0 Å². The lowest BCUT2D eigenvalue weighted by molar-refractivity contribution is 0.597. The van der Waals surface area contributed by atoms with Crippen LogP contribution in [-0.4, -0.2) is 29.6 Å². The van der Waals surface area contributed by atoms with Gasteiger partial charge in [0.1, 0.15) is 9.67 Å². The molecule has 0 radical (unpaired) electrons. The zero-order chi connectivity index (χ0) is 9.07. The summed E-state index contributed by atoms with van der Waals surface area (Å²) in [5.41, 5.74) is 0. The zero-order valence-corrected chi connectivity index (χ0v) is 9.15. The van der Waals surface area contributed by atoms with Crippen LogP contribution in [0.25, 0.3) is 0 Å². The lowest BCUT2D eigenvalue weighted by Crippen LogP contribution is -2.19. The molecule has 0 aliphatic heterocycles. The van der Waals surface area contributed by atoms with Crippen LogP contribution in [0.4, 0.5) is 0 Å². The van der Waals surface area contributed by atoms with E-state index in [1.54, 1.807) is 0 Å². The van der Waals surface area contributed by atoms with Gasteiger partial charge in [0.15, 0.2) is 9.84 Å². The molecule has 0 amide bonds. The Morgan fingerprint density at radius 2 is 1.18 bits per heavy atom. The summed E-state index contributed by atoms with van der Waals surface area (Å²) in [6.45, 7) is 0. The Bertz CT molecular complexity index is 182. The molecule has 0 rings (SSSR count). The summed E-state index contributed by atoms with van der Waals surface area (Å²) in [6.07, 6.45) is 0. The van der Waals surface area contributed by atoms with Crippen LogP contribution >= 0.6 is 46.4 Å². The molecule has 0 aliphatic rings. The average Bonchev–Trinajstić information content (AvgIpc) is 1.53. The first-order valence-electron chi connectivity index (χ1n) is 2.60. The van der Waals surface area contributed by atoms with Gasteiger partial charge >= 0.3 is 0 Å². The van der Waals surface area contributed by atoms with Crippen LogP contribution in [0.3, 0.4) is 0 Å². The third-order valence-electron chi connectivity index (χ3n) is 0.760. The quantitative estimate of drug-likeness (QED) is 0.724. The standard InChI is InChI=1S/C4H6Cl4O2S/c5-3(6)1-11(9,10)2-4(7)8/h3-4H,1-2H2. The van der Waals surface area contributed by atoms with Crippen molar-refractivity contribution in [2.75, 3.05) is 11.5 Å². The van der Waals surface area contributed by atoms with Gasteiger partial charge in [-0.3, -0.25) is 0 Å². The average molecular weight is 260 g/mol. The maximum Gasteiger partial charge on any atom is 0.155 e. The number of hydrogen-bond donors (Lipinski definition) is 0. The number of sulfone groups is 1. The highest BCUT2D eigenvalue weighted by Gasteiger charge is 2.18. The smallest absolute Gasteiger partial charge is 0.155 e. The summed E-state index contributed by atoms with van der Waals surface area (Å²) < 4.78 is 21.8. The summed E-state index contributed by atoms with van der Waals surface area (Å²) in [7, 11) is -3.31. The molecule has 0 unspecified atom stereocenters. The predicted molar refractivity (Wildman–Crippen MR) is 49.6 cm³/mol. The van der Waals surface area contributed by atoms with Crippen molar-refractivity contribution in [2.24, 2.45) is 0 Å². The van der Waals surface area contributed by atoms with E-state index in [1.807, 2.05) is 0 Å². The van der Waals surface area contributed by atoms with Gasteiger partial charge in [0.05, 0.1) is 11.5 Å². The van der Waals surface area contributed by atoms with Crippen molar-refractivity contribution in [1.82, 2.24) is 0 Å². The molecule has 0 aliphatic carbocycles. The molecule has 68 valence electrons. The largest absolute Gasteiger partial charge is 0.229 e. The Balaban J connectivity index is 4.03. The molecule has 0 atom stereocenters. The Kier molecular flexibility index (Phi) is 5.48. The SMILES string of the molecule is O=S(=O)(CC(Cl)Cl)CC(Cl)Cl. The van der Waals surface area contributed by atoms with Gasteiger partial charge in [0.25, 0.3) is 0 Å². The molecule has 0 bridgehead atoms. The van der Waals surface area contributed by atoms with Crippen LogP contribution in [-0.2, 0) is 9.84 Å². The molecule has 0 aromatic rings. The van der Waals surface area contributed by atoms with Gasteiger partial charge in [-0.2, -0.15) is 0 Å². The van der Waals surface area contributed by atoms with Crippen LogP contribution in [0, 0.1) is 0 Å². The molecule has 11 heavy (non-hydrogen) atoms. The molecule has 0 aromatic heterocycles. The van der Waals surface area contributed by atoms with Crippen molar-refractivity contribution >= 4 is 56.2 Å². The second kappa shape index (κ2) is 4.97. The highest BCUT2D eigenvalue weighted by atomic mass is 35.5. The molecule has 0 saturated carbocycles. The van der Waals surface area contributed by atoms with E-state index >= 15 is 0 Å². The van der Waals surface area contributed by atoms with Crippen LogP contribution in [0.5, 0.6) is 0 Å². The van der Waals surface area contributed by atoms with E-state index in [2.05, 4.69) is 0 Å². The molecule has 0 heterocycles. The number of rotatable bonds is 4. The fraction of sp³-hybridized carbons (Fsp3) is 1.00. The van der Waals surface area contributed by atoms with Gasteiger partial charge in [-0.1, -0.05) is 0 Å². The number of halogens is 4. The molecule has 0 aromatic carbocycles. The zero-order valence-electron chi connectivity index (χ0n) is 5.31. The lowest BCUT2D eigenvalue weighted by atomic mass is 10.9. The molecule has 0 fully saturated rings. The highest BCUT2D eigenvalue weighted by Crippen LogP contribution is 2.11. The monoisotopic (exact) mass is 258 g/mol. The molecular weight excluding hydrogens is 254 g/mol. The van der Waals surface area contributed by atoms with Crippen molar-refractivity contribution in [2.45, 2.75) is 9.67 Å². The Morgan fingerprint density at radius 3 is 1.36 bits per heavy atom. The van der Waals surface area contributed by atoms with E-state index in [0.717, 1.165) is 0 Å². The minimum Gasteiger partial charge on any atom is -0.229 e. The summed E-state index contributed by atoms with van der Waals surface area (Å²) in [5, 5.41) is 0. The third-order valence-corrected chi connectivity index (χ3v) is 3.79. The van der Waals surface area contributed by atoms with Gasteiger partial charge in [0.2, 0.25) is 0 Å². The van der Waals surface area contributed by atoms with E-state index < -0.39 is 19.5 Å². The van der Waals surface area contributed by atoms with Gasteiger partial charge in [-0.25, -0.2) is 8.42 Å². The van der Waals surface area contributed by atoms with E-state index in [1.165, 1.54) is 0 Å². The molecule has 7 heteroatoms. The van der Waals surface area contributed by atoms with Crippen LogP contribution in [0.15, 0.2) is 0 Å². The van der Waals surface area contributed by atoms with Crippen molar-refractivity contribution in [3.05, 3.63) is 0 Å². The lowest BCUT2D eigenvalue weighted by Gasteiger charge is -2.03. The molecule has 0 N–H and O–H groups in total. The summed E-state index contributed by atoms with van der Waals surface area (Å²) >= 11 is 21.0. The molecule has 2 nitrogen and oxygen atoms in total. The second-order valence-corrected chi connectivity index (χ2v) is 6.57.